The molecule has 12 heterocycles. The Kier molecular flexibility index (Phi) is 20.5. The maximum absolute atomic E-state index is 13.2. The molecule has 18 rings (SSSR count). The van der Waals surface area contributed by atoms with Gasteiger partial charge in [0, 0.05) is 76.7 Å². The lowest BCUT2D eigenvalue weighted by Gasteiger charge is -2.10. The molecule has 0 amide bonds. The molecule has 2 N–H and O–H groups in total. The van der Waals surface area contributed by atoms with Gasteiger partial charge in [0.15, 0.2) is 0 Å². The van der Waals surface area contributed by atoms with Crippen molar-refractivity contribution in [2.75, 3.05) is 0 Å². The number of H-pyrrole nitrogens is 2. The molecule has 0 bridgehead atoms. The summed E-state index contributed by atoms with van der Waals surface area (Å²) in [5.41, 5.74) is 23.6. The Morgan fingerprint density at radius 3 is 1.17 bits per heavy atom. The second kappa shape index (κ2) is 31.5. The van der Waals surface area contributed by atoms with Crippen molar-refractivity contribution in [3.8, 4) is 118 Å². The summed E-state index contributed by atoms with van der Waals surface area (Å²) in [6, 6.07) is 65.8. The molecule has 0 aliphatic carbocycles. The summed E-state index contributed by atoms with van der Waals surface area (Å²) in [6.07, 6.45) is 27.4. The average molecular weight is 1440 g/mol. The molecule has 19 nitrogen and oxygen atoms in total. The largest absolute Gasteiger partial charge is 0.491 e. The van der Waals surface area contributed by atoms with Crippen LogP contribution in [-0.4, -0.2) is 97.1 Å². The minimum atomic E-state index is -0.268. The maximum Gasteiger partial charge on any atom is 0.137 e. The Hall–Kier alpha value is -13.8. The van der Waals surface area contributed by atoms with Crippen LogP contribution in [0.2, 0.25) is 0 Å². The molecule has 0 atom stereocenters. The molecule has 6 aromatic carbocycles. The predicted octanol–water partition coefficient (Wildman–Crippen LogP) is 20.4. The molecule has 0 saturated heterocycles. The van der Waals surface area contributed by atoms with Crippen molar-refractivity contribution in [1.29, 1.82) is 0 Å². The van der Waals surface area contributed by atoms with E-state index in [1.807, 2.05) is 201 Å². The van der Waals surface area contributed by atoms with E-state index in [-0.39, 0.29) is 30.2 Å². The summed E-state index contributed by atoms with van der Waals surface area (Å²) in [4.78, 5) is 22.8. The van der Waals surface area contributed by atoms with Crippen LogP contribution in [0.25, 0.3) is 129 Å². The van der Waals surface area contributed by atoms with Crippen LogP contribution in [0.4, 0.5) is 4.39 Å². The third kappa shape index (κ3) is 16.1. The number of hydrogen-bond donors (Lipinski definition) is 2. The third-order valence-electron chi connectivity index (χ3n) is 18.1. The summed E-state index contributed by atoms with van der Waals surface area (Å²) in [5, 5.41) is 19.5. The first-order valence-electron chi connectivity index (χ1n) is 36.2. The molecule has 0 aliphatic heterocycles. The van der Waals surface area contributed by atoms with E-state index in [0.717, 1.165) is 157 Å². The minimum absolute atomic E-state index is 0.151. The highest BCUT2D eigenvalue weighted by molar-refractivity contribution is 5.94. The van der Waals surface area contributed by atoms with Crippen LogP contribution in [0, 0.1) is 12.7 Å². The van der Waals surface area contributed by atoms with Crippen molar-refractivity contribution in [2.24, 2.45) is 0 Å². The van der Waals surface area contributed by atoms with E-state index in [2.05, 4.69) is 179 Å². The highest BCUT2D eigenvalue weighted by Gasteiger charge is 2.17. The van der Waals surface area contributed by atoms with Gasteiger partial charge in [-0.25, -0.2) is 29.0 Å². The number of hydrogen-bond acceptors (Lipinski definition) is 12. The molecular weight excluding hydrogens is 1360 g/mol. The molecule has 20 heteroatoms. The van der Waals surface area contributed by atoms with Gasteiger partial charge in [0.25, 0.3) is 0 Å². The van der Waals surface area contributed by atoms with Crippen LogP contribution >= 0.6 is 0 Å². The highest BCUT2D eigenvalue weighted by Crippen LogP contribution is 2.34. The number of pyridine rings is 5. The summed E-state index contributed by atoms with van der Waals surface area (Å²) in [5.74, 6) is 3.26. The molecule has 0 fully saturated rings. The van der Waals surface area contributed by atoms with Gasteiger partial charge < -0.3 is 18.9 Å². The Labute approximate surface area is 629 Å². The number of aromatic amines is 2. The van der Waals surface area contributed by atoms with Crippen LogP contribution in [0.1, 0.15) is 61.1 Å². The molecule has 0 radical (unpaired) electrons. The van der Waals surface area contributed by atoms with E-state index >= 15 is 0 Å². The number of aromatic nitrogens is 15. The number of para-hydroxylation sites is 1. The van der Waals surface area contributed by atoms with Crippen LogP contribution in [-0.2, 0) is 0 Å². The number of imidazole rings is 4. The first kappa shape index (κ1) is 70.9. The van der Waals surface area contributed by atoms with Crippen molar-refractivity contribution >= 4 is 33.5 Å². The zero-order valence-electron chi connectivity index (χ0n) is 61.8. The highest BCUT2D eigenvalue weighted by atomic mass is 19.1. The molecule has 542 valence electrons. The molecule has 0 spiro atoms. The number of nitrogens with one attached hydrogen (secondary N) is 2. The summed E-state index contributed by atoms with van der Waals surface area (Å²) in [6.45, 7) is 18.2. The van der Waals surface area contributed by atoms with Crippen LogP contribution in [0.3, 0.4) is 0 Å². The SMILES string of the molecule is CC(C)Oc1ccc(-c2ccn3c(-c4ccnc5ccccc45)cnc3c2)cc1.CC(C)Oc1ccc(-c2ccn3c(-c4cn[nH]c4)cnc3c2)cc1.CC(C)Oc1ccc(-c2ccn3c(-c4cnn(-c5ccc(F)cc5)c4)cnc3c2)cc1.Cc1[nH]ncc1-c1cnc2cc(-c3ccc(OC(C)C)cc3)ccn12. The van der Waals surface area contributed by atoms with E-state index in [1.54, 1.807) is 29.2 Å². The van der Waals surface area contributed by atoms with Crippen LogP contribution < -0.4 is 18.9 Å². The molecule has 18 aromatic rings. The normalized spacial score (nSPS) is 11.4. The van der Waals surface area contributed by atoms with E-state index in [4.69, 9.17) is 18.9 Å². The lowest BCUT2D eigenvalue weighted by atomic mass is 10.1. The van der Waals surface area contributed by atoms with E-state index in [9.17, 15) is 4.39 Å². The van der Waals surface area contributed by atoms with Gasteiger partial charge in [-0.1, -0.05) is 66.7 Å². The van der Waals surface area contributed by atoms with Gasteiger partial charge in [-0.05, 0) is 240 Å². The number of halogens is 1. The van der Waals surface area contributed by atoms with Crippen molar-refractivity contribution in [3.63, 3.8) is 0 Å². The Morgan fingerprint density at radius 2 is 0.761 bits per heavy atom. The lowest BCUT2D eigenvalue weighted by Crippen LogP contribution is -2.05. The van der Waals surface area contributed by atoms with Crippen molar-refractivity contribution in [2.45, 2.75) is 86.7 Å². The maximum atomic E-state index is 13.2. The van der Waals surface area contributed by atoms with Crippen LogP contribution in [0.15, 0.2) is 287 Å². The number of benzene rings is 6. The monoisotopic (exact) mass is 1440 g/mol. The van der Waals surface area contributed by atoms with Gasteiger partial charge in [-0.3, -0.25) is 32.8 Å². The zero-order valence-corrected chi connectivity index (χ0v) is 61.8. The molecule has 0 aliphatic rings. The number of ether oxygens (including phenoxy) is 4. The molecular formula is C89H80FN15O4. The molecule has 0 unspecified atom stereocenters. The Balaban J connectivity index is 0.000000116. The summed E-state index contributed by atoms with van der Waals surface area (Å²) < 4.78 is 46.1. The number of rotatable bonds is 17. The first-order chi connectivity index (χ1) is 53.1. The topological polar surface area (TPSA) is 194 Å². The fourth-order valence-corrected chi connectivity index (χ4v) is 13.0. The summed E-state index contributed by atoms with van der Waals surface area (Å²) >= 11 is 0. The van der Waals surface area contributed by atoms with E-state index in [0.29, 0.717) is 0 Å². The number of fused-ring (bicyclic) bond motifs is 5. The van der Waals surface area contributed by atoms with Crippen molar-refractivity contribution in [1.82, 2.24) is 72.7 Å². The number of nitrogens with zero attached hydrogens (tertiary/aromatic N) is 13. The molecule has 109 heavy (non-hydrogen) atoms. The smallest absolute Gasteiger partial charge is 0.137 e. The third-order valence-corrected chi connectivity index (χ3v) is 18.1. The van der Waals surface area contributed by atoms with Gasteiger partial charge in [0.1, 0.15) is 51.4 Å². The minimum Gasteiger partial charge on any atom is -0.491 e. The fraction of sp³-hybridized carbons (Fsp3) is 0.146. The Bertz CT molecular complexity index is 6090. The van der Waals surface area contributed by atoms with Gasteiger partial charge >= 0.3 is 0 Å². The van der Waals surface area contributed by atoms with Gasteiger partial charge in [-0.2, -0.15) is 15.3 Å². The second-order valence-electron chi connectivity index (χ2n) is 27.3. The van der Waals surface area contributed by atoms with Gasteiger partial charge in [0.05, 0.1) is 102 Å². The van der Waals surface area contributed by atoms with E-state index < -0.39 is 0 Å². The van der Waals surface area contributed by atoms with E-state index in [1.165, 1.54) is 12.1 Å². The van der Waals surface area contributed by atoms with Crippen LogP contribution in [0.5, 0.6) is 23.0 Å². The molecule has 12 aromatic heterocycles. The van der Waals surface area contributed by atoms with Gasteiger partial charge in [-0.15, -0.1) is 0 Å². The second-order valence-corrected chi connectivity index (χ2v) is 27.3. The predicted molar refractivity (Wildman–Crippen MR) is 429 cm³/mol. The van der Waals surface area contributed by atoms with Gasteiger partial charge in [0.2, 0.25) is 0 Å². The molecule has 0 saturated carbocycles. The lowest BCUT2D eigenvalue weighted by molar-refractivity contribution is 0.242. The fourth-order valence-electron chi connectivity index (χ4n) is 13.0. The van der Waals surface area contributed by atoms with Crippen molar-refractivity contribution < 1.29 is 23.3 Å². The first-order valence-corrected chi connectivity index (χ1v) is 36.2. The average Bonchev–Trinajstić information content (AvgIpc) is 1.71. The van der Waals surface area contributed by atoms with Crippen molar-refractivity contribution in [3.05, 3.63) is 298 Å². The Morgan fingerprint density at radius 1 is 0.358 bits per heavy atom. The zero-order chi connectivity index (χ0) is 75.1. The number of aryl methyl sites for hydroxylation is 1. The quantitative estimate of drug-likeness (QED) is 0.0877. The summed E-state index contributed by atoms with van der Waals surface area (Å²) in [7, 11) is 0. The standard InChI is InChI=1S/C25H21FN4O.C25H21N3O.C20H20N4O.C19H18N4O/c1-17(2)31-23-9-3-18(4-10-23)19-11-12-29-24(15-27-25(29)13-19)20-14-28-30(16-20)22-7-5-21(26)6-8-22;1-17(2)29-20-9-7-18(8-10-20)19-12-14-28-24(16-27-25(28)15-19)22-11-13-26-23-6-4-3-5-21(22)23;1-13(2)25-17-6-4-15(5-7-17)16-8-9-24-19(12-21-20(24)10-16)18-11-22-23-14(18)3;1-13(2)24-17-5-3-14(4-6-17)15-7-8-23-18(12-20-19(23)9-15)16-10-21-22-11-16/h3-17H,1-2H3;3-17H,1-2H3;4-13H,1-3H3,(H,22,23);3-13H,1-2H3,(H,21,22).